The molecule has 0 saturated carbocycles. The van der Waals surface area contributed by atoms with Gasteiger partial charge in [0.15, 0.2) is 0 Å². The van der Waals surface area contributed by atoms with Gasteiger partial charge in [0.1, 0.15) is 5.82 Å². The minimum Gasteiger partial charge on any atom is -0.312 e. The molecular weight excluding hydrogens is 314 g/mol. The SMILES string of the molecule is Cc1cccc(NC(=O)[C@@H]2CC(=O)N(c3cccc(C(C)C)c3)C2)n1. The topological polar surface area (TPSA) is 62.3 Å². The number of rotatable bonds is 4. The molecule has 1 aromatic heterocycles. The number of nitrogens with one attached hydrogen (secondary N) is 1. The van der Waals surface area contributed by atoms with E-state index in [1.807, 2.05) is 37.3 Å². The quantitative estimate of drug-likeness (QED) is 0.929. The average molecular weight is 337 g/mol. The molecule has 130 valence electrons. The van der Waals surface area contributed by atoms with E-state index in [4.69, 9.17) is 0 Å². The van der Waals surface area contributed by atoms with E-state index in [-0.39, 0.29) is 24.2 Å². The lowest BCUT2D eigenvalue weighted by Crippen LogP contribution is -2.28. The van der Waals surface area contributed by atoms with Crippen LogP contribution in [0.5, 0.6) is 0 Å². The smallest absolute Gasteiger partial charge is 0.230 e. The molecule has 1 fully saturated rings. The van der Waals surface area contributed by atoms with E-state index in [0.717, 1.165) is 11.4 Å². The highest BCUT2D eigenvalue weighted by molar-refractivity contribution is 6.03. The number of aryl methyl sites for hydroxylation is 1. The van der Waals surface area contributed by atoms with Crippen LogP contribution in [-0.2, 0) is 9.59 Å². The van der Waals surface area contributed by atoms with Gasteiger partial charge < -0.3 is 10.2 Å². The number of amides is 2. The molecule has 0 spiro atoms. The van der Waals surface area contributed by atoms with Crippen molar-refractivity contribution in [3.63, 3.8) is 0 Å². The van der Waals surface area contributed by atoms with E-state index in [2.05, 4.69) is 30.2 Å². The van der Waals surface area contributed by atoms with Gasteiger partial charge in [0.25, 0.3) is 0 Å². The Morgan fingerprint density at radius 3 is 2.72 bits per heavy atom. The van der Waals surface area contributed by atoms with Crippen LogP contribution in [-0.4, -0.2) is 23.3 Å². The molecule has 2 amide bonds. The largest absolute Gasteiger partial charge is 0.312 e. The zero-order valence-corrected chi connectivity index (χ0v) is 14.8. The van der Waals surface area contributed by atoms with Crippen molar-refractivity contribution in [1.29, 1.82) is 0 Å². The molecule has 1 aliphatic rings. The van der Waals surface area contributed by atoms with Gasteiger partial charge in [-0.15, -0.1) is 0 Å². The van der Waals surface area contributed by atoms with Gasteiger partial charge in [0, 0.05) is 24.3 Å². The first-order valence-electron chi connectivity index (χ1n) is 8.59. The number of carbonyl (C=O) groups is 2. The van der Waals surface area contributed by atoms with E-state index in [1.54, 1.807) is 11.0 Å². The summed E-state index contributed by atoms with van der Waals surface area (Å²) in [7, 11) is 0. The van der Waals surface area contributed by atoms with Crippen molar-refractivity contribution in [2.24, 2.45) is 5.92 Å². The third-order valence-corrected chi connectivity index (χ3v) is 4.48. The number of hydrogen-bond acceptors (Lipinski definition) is 3. The highest BCUT2D eigenvalue weighted by Crippen LogP contribution is 2.28. The second-order valence-electron chi connectivity index (χ2n) is 6.81. The molecule has 5 heteroatoms. The maximum absolute atomic E-state index is 12.5. The third-order valence-electron chi connectivity index (χ3n) is 4.48. The summed E-state index contributed by atoms with van der Waals surface area (Å²) in [5, 5.41) is 2.82. The van der Waals surface area contributed by atoms with Gasteiger partial charge in [0.05, 0.1) is 5.92 Å². The molecule has 1 aromatic carbocycles. The van der Waals surface area contributed by atoms with Crippen molar-refractivity contribution >= 4 is 23.3 Å². The molecule has 0 unspecified atom stereocenters. The van der Waals surface area contributed by atoms with Crippen LogP contribution in [0.2, 0.25) is 0 Å². The van der Waals surface area contributed by atoms with Gasteiger partial charge in [-0.2, -0.15) is 0 Å². The van der Waals surface area contributed by atoms with Crippen molar-refractivity contribution in [2.45, 2.75) is 33.1 Å². The molecule has 3 rings (SSSR count). The zero-order chi connectivity index (χ0) is 18.0. The molecule has 0 aliphatic carbocycles. The Kier molecular flexibility index (Phi) is 4.83. The molecule has 0 radical (unpaired) electrons. The number of carbonyl (C=O) groups excluding carboxylic acids is 2. The summed E-state index contributed by atoms with van der Waals surface area (Å²) >= 11 is 0. The average Bonchev–Trinajstić information content (AvgIpc) is 2.97. The lowest BCUT2D eigenvalue weighted by atomic mass is 10.0. The molecule has 2 aromatic rings. The van der Waals surface area contributed by atoms with Crippen LogP contribution in [0.25, 0.3) is 0 Å². The van der Waals surface area contributed by atoms with Gasteiger partial charge in [0.2, 0.25) is 11.8 Å². The predicted octanol–water partition coefficient (Wildman–Crippen LogP) is 3.51. The van der Waals surface area contributed by atoms with Crippen LogP contribution in [0.1, 0.15) is 37.4 Å². The number of pyridine rings is 1. The Labute approximate surface area is 148 Å². The summed E-state index contributed by atoms with van der Waals surface area (Å²) in [4.78, 5) is 30.9. The molecule has 1 atom stereocenters. The first kappa shape index (κ1) is 17.1. The van der Waals surface area contributed by atoms with Gasteiger partial charge in [-0.3, -0.25) is 9.59 Å². The highest BCUT2D eigenvalue weighted by atomic mass is 16.2. The Hall–Kier alpha value is -2.69. The fourth-order valence-corrected chi connectivity index (χ4v) is 3.03. The molecule has 1 saturated heterocycles. The lowest BCUT2D eigenvalue weighted by molar-refractivity contribution is -0.122. The third kappa shape index (κ3) is 3.87. The van der Waals surface area contributed by atoms with E-state index >= 15 is 0 Å². The van der Waals surface area contributed by atoms with Crippen molar-refractivity contribution < 1.29 is 9.59 Å². The Balaban J connectivity index is 1.71. The first-order valence-corrected chi connectivity index (χ1v) is 8.59. The van der Waals surface area contributed by atoms with Crippen LogP contribution in [0.3, 0.4) is 0 Å². The van der Waals surface area contributed by atoms with Crippen LogP contribution in [0.15, 0.2) is 42.5 Å². The van der Waals surface area contributed by atoms with Crippen LogP contribution < -0.4 is 10.2 Å². The summed E-state index contributed by atoms with van der Waals surface area (Å²) < 4.78 is 0. The Morgan fingerprint density at radius 2 is 2.00 bits per heavy atom. The second kappa shape index (κ2) is 7.05. The highest BCUT2D eigenvalue weighted by Gasteiger charge is 2.35. The van der Waals surface area contributed by atoms with Crippen molar-refractivity contribution in [2.75, 3.05) is 16.8 Å². The van der Waals surface area contributed by atoms with Gasteiger partial charge >= 0.3 is 0 Å². The van der Waals surface area contributed by atoms with E-state index in [9.17, 15) is 9.59 Å². The molecule has 25 heavy (non-hydrogen) atoms. The molecular formula is C20H23N3O2. The molecule has 2 heterocycles. The maximum Gasteiger partial charge on any atom is 0.230 e. The standard InChI is InChI=1S/C20H23N3O2/c1-13(2)15-7-5-8-17(10-15)23-12-16(11-19(23)24)20(25)22-18-9-4-6-14(3)21-18/h4-10,13,16H,11-12H2,1-3H3,(H,21,22,25)/t16-/m1/s1. The Morgan fingerprint density at radius 1 is 1.24 bits per heavy atom. The summed E-state index contributed by atoms with van der Waals surface area (Å²) in [5.74, 6) is 0.381. The van der Waals surface area contributed by atoms with Gasteiger partial charge in [-0.25, -0.2) is 4.98 Å². The maximum atomic E-state index is 12.5. The van der Waals surface area contributed by atoms with Gasteiger partial charge in [-0.1, -0.05) is 32.0 Å². The first-order chi connectivity index (χ1) is 11.9. The van der Waals surface area contributed by atoms with Crippen molar-refractivity contribution in [1.82, 2.24) is 4.98 Å². The fourth-order valence-electron chi connectivity index (χ4n) is 3.03. The van der Waals surface area contributed by atoms with Crippen LogP contribution in [0.4, 0.5) is 11.5 Å². The predicted molar refractivity (Wildman–Crippen MR) is 98.6 cm³/mol. The minimum atomic E-state index is -0.363. The minimum absolute atomic E-state index is 0.0155. The fraction of sp³-hybridized carbons (Fsp3) is 0.350. The molecule has 1 aliphatic heterocycles. The monoisotopic (exact) mass is 337 g/mol. The number of aromatic nitrogens is 1. The molecule has 5 nitrogen and oxygen atoms in total. The van der Waals surface area contributed by atoms with Crippen LogP contribution in [0, 0.1) is 12.8 Å². The molecule has 1 N–H and O–H groups in total. The summed E-state index contributed by atoms with van der Waals surface area (Å²) in [6.07, 6.45) is 0.226. The lowest BCUT2D eigenvalue weighted by Gasteiger charge is -2.18. The number of anilines is 2. The zero-order valence-electron chi connectivity index (χ0n) is 14.8. The van der Waals surface area contributed by atoms with Crippen molar-refractivity contribution in [3.05, 3.63) is 53.7 Å². The van der Waals surface area contributed by atoms with Crippen molar-refractivity contribution in [3.8, 4) is 0 Å². The molecule has 0 bridgehead atoms. The number of hydrogen-bond donors (Lipinski definition) is 1. The number of benzene rings is 1. The van der Waals surface area contributed by atoms with Gasteiger partial charge in [-0.05, 0) is 42.7 Å². The van der Waals surface area contributed by atoms with E-state index in [1.165, 1.54) is 5.56 Å². The summed E-state index contributed by atoms with van der Waals surface area (Å²) in [6.45, 7) is 6.52. The van der Waals surface area contributed by atoms with E-state index in [0.29, 0.717) is 18.3 Å². The number of nitrogens with zero attached hydrogens (tertiary/aromatic N) is 2. The summed E-state index contributed by atoms with van der Waals surface area (Å²) in [5.41, 5.74) is 2.88. The Bertz CT molecular complexity index is 801. The van der Waals surface area contributed by atoms with E-state index < -0.39 is 0 Å². The normalized spacial score (nSPS) is 17.2. The van der Waals surface area contributed by atoms with Crippen LogP contribution >= 0.6 is 0 Å². The summed E-state index contributed by atoms with van der Waals surface area (Å²) in [6, 6.07) is 13.5. The second-order valence-corrected chi connectivity index (χ2v) is 6.81.